The summed E-state index contributed by atoms with van der Waals surface area (Å²) in [6.07, 6.45) is 0.828. The molecule has 1 aromatic carbocycles. The van der Waals surface area contributed by atoms with Gasteiger partial charge in [-0.3, -0.25) is 14.3 Å². The fourth-order valence-corrected chi connectivity index (χ4v) is 4.03. The highest BCUT2D eigenvalue weighted by atomic mass is 16.2. The number of carbonyl (C=O) groups excluding carboxylic acids is 2. The first kappa shape index (κ1) is 19.6. The van der Waals surface area contributed by atoms with Crippen LogP contribution in [0.25, 0.3) is 0 Å². The molecular formula is C22H29N5O2. The van der Waals surface area contributed by atoms with Crippen molar-refractivity contribution in [2.45, 2.75) is 33.4 Å². The number of amides is 2. The second-order valence-electron chi connectivity index (χ2n) is 7.93. The van der Waals surface area contributed by atoms with Gasteiger partial charge in [0.15, 0.2) is 5.69 Å². The van der Waals surface area contributed by atoms with Crippen LogP contribution >= 0.6 is 0 Å². The van der Waals surface area contributed by atoms with Crippen LogP contribution in [0.15, 0.2) is 30.3 Å². The van der Waals surface area contributed by atoms with Crippen molar-refractivity contribution in [1.29, 1.82) is 0 Å². The normalized spacial score (nSPS) is 17.9. The molecule has 1 fully saturated rings. The average molecular weight is 396 g/mol. The summed E-state index contributed by atoms with van der Waals surface area (Å²) >= 11 is 0. The van der Waals surface area contributed by atoms with E-state index in [1.165, 1.54) is 5.56 Å². The van der Waals surface area contributed by atoms with E-state index in [4.69, 9.17) is 0 Å². The van der Waals surface area contributed by atoms with Crippen LogP contribution in [-0.2, 0) is 13.1 Å². The molecule has 0 atom stereocenters. The Morgan fingerprint density at radius 3 is 2.45 bits per heavy atom. The molecule has 2 aliphatic heterocycles. The minimum absolute atomic E-state index is 0.0505. The van der Waals surface area contributed by atoms with Crippen LogP contribution < -0.4 is 0 Å². The van der Waals surface area contributed by atoms with Crippen molar-refractivity contribution in [3.8, 4) is 0 Å². The van der Waals surface area contributed by atoms with Gasteiger partial charge in [0.2, 0.25) is 0 Å². The molecule has 0 unspecified atom stereocenters. The first-order chi connectivity index (χ1) is 14.0. The summed E-state index contributed by atoms with van der Waals surface area (Å²) in [4.78, 5) is 32.1. The molecule has 0 saturated carbocycles. The summed E-state index contributed by atoms with van der Waals surface area (Å²) in [5, 5.41) is 4.49. The lowest BCUT2D eigenvalue weighted by Crippen LogP contribution is -2.48. The molecule has 1 saturated heterocycles. The van der Waals surface area contributed by atoms with Crippen molar-refractivity contribution in [3.05, 3.63) is 52.8 Å². The third-order valence-corrected chi connectivity index (χ3v) is 5.90. The summed E-state index contributed by atoms with van der Waals surface area (Å²) in [6.45, 7) is 10.3. The van der Waals surface area contributed by atoms with Crippen LogP contribution in [0.4, 0.5) is 0 Å². The molecular weight excluding hydrogens is 366 g/mol. The van der Waals surface area contributed by atoms with Crippen LogP contribution in [-0.4, -0.2) is 75.6 Å². The van der Waals surface area contributed by atoms with Crippen molar-refractivity contribution in [2.24, 2.45) is 0 Å². The monoisotopic (exact) mass is 395 g/mol. The minimum atomic E-state index is -0.0702. The summed E-state index contributed by atoms with van der Waals surface area (Å²) in [5.41, 5.74) is 3.22. The van der Waals surface area contributed by atoms with Gasteiger partial charge in [0.05, 0.1) is 0 Å². The molecule has 1 aromatic heterocycles. The van der Waals surface area contributed by atoms with Gasteiger partial charge in [0, 0.05) is 51.9 Å². The van der Waals surface area contributed by atoms with E-state index in [0.29, 0.717) is 44.1 Å². The number of hydrogen-bond acceptors (Lipinski definition) is 4. The summed E-state index contributed by atoms with van der Waals surface area (Å²) in [5.74, 6) is -0.121. The molecule has 0 N–H and O–H groups in total. The fourth-order valence-electron chi connectivity index (χ4n) is 4.03. The smallest absolute Gasteiger partial charge is 0.274 e. The highest BCUT2D eigenvalue weighted by Crippen LogP contribution is 2.18. The quantitative estimate of drug-likeness (QED) is 0.795. The standard InChI is InChI=1S/C22H29N5O2/c1-3-24-11-13-25(14-12-24)21(28)19-15-20-22(29)26(9-4-10-27(20)23-19)16-18-7-5-17(2)6-8-18/h5-8,15H,3-4,9-14,16H2,1-2H3. The molecule has 2 amide bonds. The SMILES string of the molecule is CCN1CCN(C(=O)c2cc3n(n2)CCCN(Cc2ccc(C)cc2)C3=O)CC1. The third kappa shape index (κ3) is 4.19. The molecule has 7 heteroatoms. The van der Waals surface area contributed by atoms with E-state index < -0.39 is 0 Å². The second kappa shape index (κ2) is 8.37. The number of carbonyl (C=O) groups is 2. The zero-order valence-corrected chi connectivity index (χ0v) is 17.3. The van der Waals surface area contributed by atoms with Crippen LogP contribution in [0, 0.1) is 6.92 Å². The molecule has 29 heavy (non-hydrogen) atoms. The average Bonchev–Trinajstić information content (AvgIpc) is 3.12. The fraction of sp³-hybridized carbons (Fsp3) is 0.500. The van der Waals surface area contributed by atoms with Crippen molar-refractivity contribution in [1.82, 2.24) is 24.5 Å². The van der Waals surface area contributed by atoms with Crippen molar-refractivity contribution < 1.29 is 9.59 Å². The number of hydrogen-bond donors (Lipinski definition) is 0. The van der Waals surface area contributed by atoms with Crippen molar-refractivity contribution in [2.75, 3.05) is 39.3 Å². The first-order valence-corrected chi connectivity index (χ1v) is 10.5. The molecule has 0 aliphatic carbocycles. The van der Waals surface area contributed by atoms with E-state index in [1.807, 2.05) is 9.80 Å². The Morgan fingerprint density at radius 2 is 1.76 bits per heavy atom. The van der Waals surface area contributed by atoms with Crippen LogP contribution in [0.3, 0.4) is 0 Å². The van der Waals surface area contributed by atoms with E-state index in [9.17, 15) is 9.59 Å². The largest absolute Gasteiger partial charge is 0.335 e. The number of likely N-dealkylation sites (N-methyl/N-ethyl adjacent to an activating group) is 1. The number of piperazine rings is 1. The van der Waals surface area contributed by atoms with Gasteiger partial charge in [-0.2, -0.15) is 5.10 Å². The number of benzene rings is 1. The van der Waals surface area contributed by atoms with Gasteiger partial charge in [0.25, 0.3) is 11.8 Å². The maximum atomic E-state index is 13.1. The third-order valence-electron chi connectivity index (χ3n) is 5.90. The topological polar surface area (TPSA) is 61.7 Å². The van der Waals surface area contributed by atoms with Crippen LogP contribution in [0.5, 0.6) is 0 Å². The van der Waals surface area contributed by atoms with Gasteiger partial charge in [0.1, 0.15) is 5.69 Å². The molecule has 154 valence electrons. The van der Waals surface area contributed by atoms with E-state index in [-0.39, 0.29) is 11.8 Å². The van der Waals surface area contributed by atoms with Gasteiger partial charge in [-0.15, -0.1) is 0 Å². The van der Waals surface area contributed by atoms with E-state index in [1.54, 1.807) is 10.7 Å². The Balaban J connectivity index is 1.49. The van der Waals surface area contributed by atoms with E-state index >= 15 is 0 Å². The van der Waals surface area contributed by atoms with Crippen molar-refractivity contribution in [3.63, 3.8) is 0 Å². The molecule has 0 bridgehead atoms. The molecule has 3 heterocycles. The molecule has 7 nitrogen and oxygen atoms in total. The number of fused-ring (bicyclic) bond motifs is 1. The number of aryl methyl sites for hydroxylation is 2. The summed E-state index contributed by atoms with van der Waals surface area (Å²) in [7, 11) is 0. The molecule has 0 spiro atoms. The lowest BCUT2D eigenvalue weighted by atomic mass is 10.1. The predicted molar refractivity (Wildman–Crippen MR) is 111 cm³/mol. The number of rotatable bonds is 4. The van der Waals surface area contributed by atoms with Gasteiger partial charge in [-0.25, -0.2) is 0 Å². The van der Waals surface area contributed by atoms with Crippen LogP contribution in [0.1, 0.15) is 45.4 Å². The van der Waals surface area contributed by atoms with E-state index in [0.717, 1.165) is 31.6 Å². The van der Waals surface area contributed by atoms with Crippen molar-refractivity contribution >= 4 is 11.8 Å². The lowest BCUT2D eigenvalue weighted by Gasteiger charge is -2.33. The van der Waals surface area contributed by atoms with E-state index in [2.05, 4.69) is 48.1 Å². The second-order valence-corrected chi connectivity index (χ2v) is 7.93. The Kier molecular flexibility index (Phi) is 5.67. The predicted octanol–water partition coefficient (Wildman–Crippen LogP) is 2.02. The summed E-state index contributed by atoms with van der Waals surface area (Å²) < 4.78 is 1.72. The Bertz CT molecular complexity index is 881. The van der Waals surface area contributed by atoms with Gasteiger partial charge in [-0.05, 0) is 25.5 Å². The molecule has 2 aliphatic rings. The first-order valence-electron chi connectivity index (χ1n) is 10.5. The zero-order chi connectivity index (χ0) is 20.4. The Hall–Kier alpha value is -2.67. The molecule has 4 rings (SSSR count). The maximum absolute atomic E-state index is 13.1. The van der Waals surface area contributed by atoms with Gasteiger partial charge < -0.3 is 14.7 Å². The maximum Gasteiger partial charge on any atom is 0.274 e. The lowest BCUT2D eigenvalue weighted by molar-refractivity contribution is 0.0636. The minimum Gasteiger partial charge on any atom is -0.335 e. The highest BCUT2D eigenvalue weighted by molar-refractivity contribution is 5.98. The van der Waals surface area contributed by atoms with Crippen LogP contribution in [0.2, 0.25) is 0 Å². The highest BCUT2D eigenvalue weighted by Gasteiger charge is 2.29. The number of aromatic nitrogens is 2. The number of nitrogens with zero attached hydrogens (tertiary/aromatic N) is 5. The molecule has 2 aromatic rings. The van der Waals surface area contributed by atoms with Gasteiger partial charge in [-0.1, -0.05) is 36.8 Å². The Morgan fingerprint density at radius 1 is 1.03 bits per heavy atom. The zero-order valence-electron chi connectivity index (χ0n) is 17.3. The Labute approximate surface area is 171 Å². The molecule has 0 radical (unpaired) electrons. The summed E-state index contributed by atoms with van der Waals surface area (Å²) in [6, 6.07) is 9.95. The van der Waals surface area contributed by atoms with Gasteiger partial charge >= 0.3 is 0 Å².